The second kappa shape index (κ2) is 14.6. The number of halogens is 2. The van der Waals surface area contributed by atoms with Crippen LogP contribution in [0, 0.1) is 29.7 Å². The van der Waals surface area contributed by atoms with Gasteiger partial charge < -0.3 is 35.3 Å². The number of nitrogens with one attached hydrogen (secondary N) is 1. The molecule has 6 heteroatoms. The van der Waals surface area contributed by atoms with E-state index < -0.39 is 0 Å². The van der Waals surface area contributed by atoms with Crippen LogP contribution in [0.2, 0.25) is 13.1 Å². The molecule has 0 aromatic rings. The van der Waals surface area contributed by atoms with E-state index in [1.165, 1.54) is 36.0 Å². The smallest absolute Gasteiger partial charge is 1.00 e. The van der Waals surface area contributed by atoms with Crippen molar-refractivity contribution < 1.29 is 55.5 Å². The summed E-state index contributed by atoms with van der Waals surface area (Å²) in [5.41, 5.74) is 11.2. The zero-order valence-corrected chi connectivity index (χ0v) is 22.6. The predicted molar refractivity (Wildman–Crippen MR) is 97.1 cm³/mol. The quantitative estimate of drug-likeness (QED) is 0.304. The van der Waals surface area contributed by atoms with E-state index >= 15 is 0 Å². The van der Waals surface area contributed by atoms with Gasteiger partial charge in [-0.15, -0.1) is 6.92 Å². The van der Waals surface area contributed by atoms with E-state index in [0.29, 0.717) is 11.8 Å². The number of fused-ring (bicyclic) bond motifs is 2. The molecule has 0 aromatic carbocycles. The molecule has 0 spiro atoms. The third-order valence-corrected chi connectivity index (χ3v) is 5.31. The van der Waals surface area contributed by atoms with Gasteiger partial charge in [0.25, 0.3) is 0 Å². The summed E-state index contributed by atoms with van der Waals surface area (Å²) in [6, 6.07) is 0. The maximum absolute atomic E-state index is 10.7. The second-order valence-corrected chi connectivity index (χ2v) is 8.18. The van der Waals surface area contributed by atoms with E-state index in [1.807, 2.05) is 0 Å². The summed E-state index contributed by atoms with van der Waals surface area (Å²) in [6.07, 6.45) is 8.13. The minimum atomic E-state index is -0.313. The van der Waals surface area contributed by atoms with Crippen LogP contribution in [-0.4, -0.2) is 15.4 Å². The van der Waals surface area contributed by atoms with Crippen molar-refractivity contribution in [2.24, 2.45) is 23.7 Å². The molecule has 0 heterocycles. The standard InChI is InChI=1S/C9H13.C8H13NO.C2H7Si.2ClH.Hf/c1-6-5-7(2)9(4)8(6)3;9-8(10)7-4-5-1-2-6(7)3-5;1-3-2;;;/h6H,1-4H3;5-7H,1-4H2,(H2,9,10);3H,1-2H3;2*1H;/q-1;;;;;+4/p-3. The molecule has 2 fully saturated rings. The number of amides is 1. The fourth-order valence-electron chi connectivity index (χ4n) is 3.73. The maximum Gasteiger partial charge on any atom is 4.00 e. The molecule has 3 aliphatic carbocycles. The van der Waals surface area contributed by atoms with Gasteiger partial charge in [-0.25, -0.2) is 5.57 Å². The Kier molecular flexibility index (Phi) is 17.8. The number of carbonyl (C=O) groups excluding carboxylic acids is 1. The van der Waals surface area contributed by atoms with Crippen LogP contribution in [0.1, 0.15) is 53.4 Å². The predicted octanol–water partition coefficient (Wildman–Crippen LogP) is -0.752. The number of rotatable bonds is 1. The Balaban J connectivity index is -0.000000305. The molecule has 4 unspecified atom stereocenters. The molecular weight excluding hydrogens is 536 g/mol. The van der Waals surface area contributed by atoms with Crippen molar-refractivity contribution in [3.05, 3.63) is 28.5 Å². The van der Waals surface area contributed by atoms with Crippen LogP contribution >= 0.6 is 0 Å². The molecule has 3 aliphatic rings. The fourth-order valence-corrected chi connectivity index (χ4v) is 3.73. The van der Waals surface area contributed by atoms with Crippen LogP contribution in [-0.2, 0) is 30.6 Å². The van der Waals surface area contributed by atoms with Crippen LogP contribution in [0.15, 0.2) is 16.7 Å². The van der Waals surface area contributed by atoms with E-state index in [4.69, 9.17) is 5.73 Å². The third-order valence-electron chi connectivity index (χ3n) is 5.31. The van der Waals surface area contributed by atoms with Gasteiger partial charge in [-0.3, -0.25) is 6.08 Å². The number of hydrogen-bond acceptors (Lipinski definition) is 1. The Morgan fingerprint density at radius 3 is 1.80 bits per heavy atom. The van der Waals surface area contributed by atoms with E-state index in [1.54, 1.807) is 0 Å². The largest absolute Gasteiger partial charge is 4.00 e. The van der Waals surface area contributed by atoms with Crippen molar-refractivity contribution in [2.75, 3.05) is 0 Å². The van der Waals surface area contributed by atoms with Crippen LogP contribution < -0.4 is 24.8 Å². The number of hydrogen-bond donors (Lipinski definition) is 0. The first kappa shape index (κ1) is 30.3. The Hall–Kier alpha value is 0.617. The van der Waals surface area contributed by atoms with Gasteiger partial charge in [0.2, 0.25) is 0 Å². The minimum Gasteiger partial charge on any atom is -1.00 e. The maximum atomic E-state index is 10.7. The van der Waals surface area contributed by atoms with Crippen molar-refractivity contribution in [3.63, 3.8) is 0 Å². The summed E-state index contributed by atoms with van der Waals surface area (Å²) >= 11 is 0. The molecule has 0 saturated heterocycles. The molecule has 4 atom stereocenters. The third kappa shape index (κ3) is 8.90. The second-order valence-electron chi connectivity index (χ2n) is 7.02. The molecule has 3 rings (SSSR count). The molecule has 25 heavy (non-hydrogen) atoms. The van der Waals surface area contributed by atoms with Gasteiger partial charge in [0.1, 0.15) is 0 Å². The topological polar surface area (TPSA) is 40.9 Å². The first-order valence-corrected chi connectivity index (χ1v) is 10.9. The Labute approximate surface area is 188 Å². The van der Waals surface area contributed by atoms with Gasteiger partial charge in [-0.05, 0) is 31.1 Å². The fraction of sp³-hybridized carbons (Fsp3) is 0.737. The molecule has 2 bridgehead atoms. The average Bonchev–Trinajstić information content (AvgIpc) is 3.14. The van der Waals surface area contributed by atoms with Gasteiger partial charge in [-0.2, -0.15) is 11.1 Å². The summed E-state index contributed by atoms with van der Waals surface area (Å²) < 4.78 is 0. The molecule has 0 aliphatic heterocycles. The summed E-state index contributed by atoms with van der Waals surface area (Å²) in [4.78, 5) is 10.7. The normalized spacial score (nSPS) is 28.2. The zero-order valence-electron chi connectivity index (χ0n) is 16.4. The molecule has 1 amide bonds. The molecule has 2 saturated carbocycles. The monoisotopic (exact) mass is 568 g/mol. The van der Waals surface area contributed by atoms with Crippen LogP contribution in [0.5, 0.6) is 0 Å². The first-order valence-electron chi connectivity index (χ1n) is 8.59. The van der Waals surface area contributed by atoms with E-state index in [-0.39, 0.29) is 62.5 Å². The number of allylic oxidation sites excluding steroid dienone is 4. The number of carbonyl (C=O) groups is 1. The van der Waals surface area contributed by atoms with Gasteiger partial charge in [0.15, 0.2) is 0 Å². The van der Waals surface area contributed by atoms with Gasteiger partial charge >= 0.3 is 25.8 Å². The van der Waals surface area contributed by atoms with Gasteiger partial charge in [0.05, 0.1) is 5.91 Å². The van der Waals surface area contributed by atoms with Crippen LogP contribution in [0.3, 0.4) is 0 Å². The van der Waals surface area contributed by atoms with Gasteiger partial charge in [0, 0.05) is 15.4 Å². The van der Waals surface area contributed by atoms with Crippen molar-refractivity contribution in [1.82, 2.24) is 0 Å². The Morgan fingerprint density at radius 1 is 1.12 bits per heavy atom. The molecule has 0 aromatic heterocycles. The van der Waals surface area contributed by atoms with Crippen LogP contribution in [0.25, 0.3) is 5.73 Å². The van der Waals surface area contributed by atoms with Crippen molar-refractivity contribution in [1.29, 1.82) is 0 Å². The zero-order chi connectivity index (χ0) is 16.9. The van der Waals surface area contributed by atoms with Crippen LogP contribution in [0.4, 0.5) is 0 Å². The SMILES string of the molecule is CC1=[C-]C(C)C(C)=C1C.C[SiH]C.[Cl-].[Cl-].[Hf+4].[NH-]C(=O)C1CC2CCC1C2. The van der Waals surface area contributed by atoms with Crippen molar-refractivity contribution in [2.45, 2.75) is 66.5 Å². The van der Waals surface area contributed by atoms with Crippen molar-refractivity contribution >= 4 is 15.4 Å². The molecule has 1 radical (unpaired) electrons. The van der Waals surface area contributed by atoms with Crippen molar-refractivity contribution in [3.8, 4) is 0 Å². The van der Waals surface area contributed by atoms with E-state index in [9.17, 15) is 4.79 Å². The first-order chi connectivity index (χ1) is 10.3. The summed E-state index contributed by atoms with van der Waals surface area (Å²) in [5.74, 6) is 1.76. The molecule has 2 nitrogen and oxygen atoms in total. The average molecular weight is 568 g/mol. The Bertz CT molecular complexity index is 468. The summed E-state index contributed by atoms with van der Waals surface area (Å²) in [6.45, 7) is 13.1. The summed E-state index contributed by atoms with van der Waals surface area (Å²) in [7, 11) is 0.750. The Morgan fingerprint density at radius 2 is 1.64 bits per heavy atom. The van der Waals surface area contributed by atoms with E-state index in [0.717, 1.165) is 21.9 Å². The summed E-state index contributed by atoms with van der Waals surface area (Å²) in [5, 5.41) is 0. The molecule has 141 valence electrons. The molecule has 1 N–H and O–H groups in total. The van der Waals surface area contributed by atoms with Gasteiger partial charge in [-0.1, -0.05) is 46.2 Å². The molecular formula is C19H32Cl2HfNOSi. The minimum absolute atomic E-state index is 0. The van der Waals surface area contributed by atoms with E-state index in [2.05, 4.69) is 46.9 Å².